The summed E-state index contributed by atoms with van der Waals surface area (Å²) >= 11 is 0. The first-order chi connectivity index (χ1) is 10.00. The van der Waals surface area contributed by atoms with E-state index in [4.69, 9.17) is 4.52 Å². The molecular formula is C14H15FN2O3S. The van der Waals surface area contributed by atoms with E-state index in [1.54, 1.807) is 13.0 Å². The highest BCUT2D eigenvalue weighted by Crippen LogP contribution is 2.37. The number of sulfonamides is 1. The molecule has 0 saturated carbocycles. The van der Waals surface area contributed by atoms with Crippen molar-refractivity contribution >= 4 is 10.0 Å². The van der Waals surface area contributed by atoms with E-state index in [2.05, 4.69) is 5.16 Å². The normalized spacial score (nSPS) is 20.0. The highest BCUT2D eigenvalue weighted by atomic mass is 32.2. The summed E-state index contributed by atoms with van der Waals surface area (Å²) in [5, 5.41) is 3.80. The van der Waals surface area contributed by atoms with Crippen molar-refractivity contribution < 1.29 is 17.3 Å². The lowest BCUT2D eigenvalue weighted by Crippen LogP contribution is -2.31. The molecule has 1 aliphatic heterocycles. The largest absolute Gasteiger partial charge is 0.359 e. The Morgan fingerprint density at radius 2 is 2.14 bits per heavy atom. The number of aryl methyl sites for hydroxylation is 1. The molecule has 7 heteroatoms. The van der Waals surface area contributed by atoms with Crippen molar-refractivity contribution in [2.24, 2.45) is 0 Å². The molecule has 0 amide bonds. The fourth-order valence-corrected chi connectivity index (χ4v) is 4.36. The third-order valence-electron chi connectivity index (χ3n) is 3.60. The zero-order valence-electron chi connectivity index (χ0n) is 11.5. The van der Waals surface area contributed by atoms with E-state index in [-0.39, 0.29) is 4.90 Å². The number of hydrogen-bond acceptors (Lipinski definition) is 4. The van der Waals surface area contributed by atoms with Crippen molar-refractivity contribution in [3.8, 4) is 0 Å². The second-order valence-electron chi connectivity index (χ2n) is 5.07. The number of halogens is 1. The summed E-state index contributed by atoms with van der Waals surface area (Å²) < 4.78 is 45.7. The fraction of sp³-hybridized carbons (Fsp3) is 0.357. The Balaban J connectivity index is 2.00. The van der Waals surface area contributed by atoms with Crippen LogP contribution in [0.2, 0.25) is 0 Å². The molecule has 5 nitrogen and oxygen atoms in total. The van der Waals surface area contributed by atoms with Crippen LogP contribution in [0.25, 0.3) is 0 Å². The molecule has 1 unspecified atom stereocenters. The standard InChI is InChI=1S/C14H15FN2O3S/c1-10-9-13(20-16-10)12-6-4-8-17(12)21(18,19)14-7-3-2-5-11(14)15/h2-3,5,7,9,12H,4,6,8H2,1H3. The van der Waals surface area contributed by atoms with E-state index in [1.807, 2.05) is 0 Å². The lowest BCUT2D eigenvalue weighted by molar-refractivity contribution is 0.296. The maximum Gasteiger partial charge on any atom is 0.246 e. The van der Waals surface area contributed by atoms with Gasteiger partial charge in [-0.05, 0) is 31.9 Å². The molecule has 0 N–H and O–H groups in total. The topological polar surface area (TPSA) is 63.4 Å². The lowest BCUT2D eigenvalue weighted by atomic mass is 10.2. The van der Waals surface area contributed by atoms with E-state index in [9.17, 15) is 12.8 Å². The van der Waals surface area contributed by atoms with Gasteiger partial charge in [-0.1, -0.05) is 17.3 Å². The maximum absolute atomic E-state index is 13.8. The van der Waals surface area contributed by atoms with Gasteiger partial charge < -0.3 is 4.52 Å². The summed E-state index contributed by atoms with van der Waals surface area (Å²) in [6, 6.07) is 6.72. The van der Waals surface area contributed by atoms with Crippen molar-refractivity contribution in [2.45, 2.75) is 30.7 Å². The average molecular weight is 310 g/mol. The Bertz CT molecular complexity index is 757. The van der Waals surface area contributed by atoms with Gasteiger partial charge in [0.1, 0.15) is 10.7 Å². The Kier molecular flexibility index (Phi) is 3.54. The van der Waals surface area contributed by atoms with Crippen molar-refractivity contribution in [3.63, 3.8) is 0 Å². The van der Waals surface area contributed by atoms with Crippen LogP contribution in [0.1, 0.15) is 30.3 Å². The molecule has 1 atom stereocenters. The van der Waals surface area contributed by atoms with Gasteiger partial charge in [0.05, 0.1) is 11.7 Å². The van der Waals surface area contributed by atoms with Crippen LogP contribution in [0.3, 0.4) is 0 Å². The first-order valence-electron chi connectivity index (χ1n) is 6.70. The van der Waals surface area contributed by atoms with E-state index in [0.717, 1.165) is 6.07 Å². The van der Waals surface area contributed by atoms with Crippen molar-refractivity contribution in [3.05, 3.63) is 47.6 Å². The van der Waals surface area contributed by atoms with Gasteiger partial charge in [0, 0.05) is 12.6 Å². The van der Waals surface area contributed by atoms with Crippen LogP contribution in [0.4, 0.5) is 4.39 Å². The first kappa shape index (κ1) is 14.2. The number of aromatic nitrogens is 1. The molecule has 2 heterocycles. The molecule has 0 spiro atoms. The average Bonchev–Trinajstić information content (AvgIpc) is 3.07. The second-order valence-corrected chi connectivity index (χ2v) is 6.93. The third-order valence-corrected chi connectivity index (χ3v) is 5.54. The van der Waals surface area contributed by atoms with Gasteiger partial charge in [0.15, 0.2) is 5.76 Å². The molecule has 1 fully saturated rings. The molecule has 0 aliphatic carbocycles. The van der Waals surface area contributed by atoms with Crippen LogP contribution >= 0.6 is 0 Å². The first-order valence-corrected chi connectivity index (χ1v) is 8.14. The monoisotopic (exact) mass is 310 g/mol. The minimum atomic E-state index is -3.89. The van der Waals surface area contributed by atoms with Crippen molar-refractivity contribution in [1.29, 1.82) is 0 Å². The molecule has 0 radical (unpaired) electrons. The van der Waals surface area contributed by atoms with E-state index >= 15 is 0 Å². The van der Waals surface area contributed by atoms with Gasteiger partial charge in [-0.15, -0.1) is 0 Å². The Hall–Kier alpha value is -1.73. The molecule has 112 valence electrons. The summed E-state index contributed by atoms with van der Waals surface area (Å²) in [7, 11) is -3.89. The van der Waals surface area contributed by atoms with Gasteiger partial charge in [0.2, 0.25) is 10.0 Å². The molecule has 1 aliphatic rings. The van der Waals surface area contributed by atoms with Gasteiger partial charge in [0.25, 0.3) is 0 Å². The predicted molar refractivity (Wildman–Crippen MR) is 73.5 cm³/mol. The molecular weight excluding hydrogens is 295 g/mol. The quantitative estimate of drug-likeness (QED) is 0.874. The number of hydrogen-bond donors (Lipinski definition) is 0. The highest BCUT2D eigenvalue weighted by Gasteiger charge is 2.39. The van der Waals surface area contributed by atoms with Crippen molar-refractivity contribution in [2.75, 3.05) is 6.54 Å². The summed E-state index contributed by atoms with van der Waals surface area (Å²) in [4.78, 5) is -0.298. The fourth-order valence-electron chi connectivity index (χ4n) is 2.63. The van der Waals surface area contributed by atoms with Crippen LogP contribution in [-0.2, 0) is 10.0 Å². The van der Waals surface area contributed by atoms with Gasteiger partial charge >= 0.3 is 0 Å². The Morgan fingerprint density at radius 1 is 1.38 bits per heavy atom. The molecule has 1 saturated heterocycles. The van der Waals surface area contributed by atoms with Gasteiger partial charge in [-0.25, -0.2) is 12.8 Å². The van der Waals surface area contributed by atoms with Crippen LogP contribution in [0, 0.1) is 12.7 Å². The lowest BCUT2D eigenvalue weighted by Gasteiger charge is -2.22. The van der Waals surface area contributed by atoms with Crippen LogP contribution in [0.15, 0.2) is 39.8 Å². The zero-order chi connectivity index (χ0) is 15.0. The smallest absolute Gasteiger partial charge is 0.246 e. The maximum atomic E-state index is 13.8. The summed E-state index contributed by atoms with van der Waals surface area (Å²) in [6.45, 7) is 2.12. The van der Waals surface area contributed by atoms with E-state index < -0.39 is 21.9 Å². The van der Waals surface area contributed by atoms with E-state index in [0.29, 0.717) is 30.8 Å². The zero-order valence-corrected chi connectivity index (χ0v) is 12.3. The molecule has 1 aromatic heterocycles. The SMILES string of the molecule is Cc1cc(C2CCCN2S(=O)(=O)c2ccccc2F)on1. The summed E-state index contributed by atoms with van der Waals surface area (Å²) in [6.07, 6.45) is 1.35. The molecule has 2 aromatic rings. The third kappa shape index (κ3) is 2.47. The van der Waals surface area contributed by atoms with Crippen LogP contribution in [0.5, 0.6) is 0 Å². The molecule has 0 bridgehead atoms. The van der Waals surface area contributed by atoms with E-state index in [1.165, 1.54) is 22.5 Å². The molecule has 3 rings (SSSR count). The molecule has 1 aromatic carbocycles. The predicted octanol–water partition coefficient (Wildman–Crippen LogP) is 2.65. The Morgan fingerprint density at radius 3 is 2.81 bits per heavy atom. The highest BCUT2D eigenvalue weighted by molar-refractivity contribution is 7.89. The Labute approximate surface area is 122 Å². The number of nitrogens with zero attached hydrogens (tertiary/aromatic N) is 2. The van der Waals surface area contributed by atoms with Crippen LogP contribution < -0.4 is 0 Å². The number of benzene rings is 1. The van der Waals surface area contributed by atoms with Gasteiger partial charge in [-0.2, -0.15) is 4.31 Å². The second kappa shape index (κ2) is 5.23. The van der Waals surface area contributed by atoms with Crippen LogP contribution in [-0.4, -0.2) is 24.4 Å². The summed E-state index contributed by atoms with van der Waals surface area (Å²) in [5.74, 6) is -0.234. The van der Waals surface area contributed by atoms with Gasteiger partial charge in [-0.3, -0.25) is 0 Å². The summed E-state index contributed by atoms with van der Waals surface area (Å²) in [5.41, 5.74) is 0.695. The minimum Gasteiger partial charge on any atom is -0.359 e. The minimum absolute atomic E-state index is 0.298. The molecule has 21 heavy (non-hydrogen) atoms. The van der Waals surface area contributed by atoms with Crippen molar-refractivity contribution in [1.82, 2.24) is 9.46 Å². The number of rotatable bonds is 3.